The Morgan fingerprint density at radius 3 is 2.27 bits per heavy atom. The molecule has 0 aliphatic rings. The molecule has 0 aromatic heterocycles. The maximum Gasteiger partial charge on any atom is 0.171 e. The highest BCUT2D eigenvalue weighted by Crippen LogP contribution is 2.20. The summed E-state index contributed by atoms with van der Waals surface area (Å²) >= 11 is 5.41. The summed E-state index contributed by atoms with van der Waals surface area (Å²) in [6.07, 6.45) is 0.946. The van der Waals surface area contributed by atoms with Crippen LogP contribution < -0.4 is 15.4 Å². The fraction of sp³-hybridized carbons (Fsp3) is 0.278. The van der Waals surface area contributed by atoms with E-state index in [9.17, 15) is 0 Å². The van der Waals surface area contributed by atoms with Gasteiger partial charge < -0.3 is 15.4 Å². The van der Waals surface area contributed by atoms with Crippen LogP contribution in [0.4, 0.5) is 5.69 Å². The second kappa shape index (κ2) is 7.80. The first-order valence-electron chi connectivity index (χ1n) is 7.40. The van der Waals surface area contributed by atoms with Gasteiger partial charge in [0.2, 0.25) is 0 Å². The molecule has 0 fully saturated rings. The number of benzene rings is 2. The normalized spacial score (nSPS) is 11.6. The average molecular weight is 314 g/mol. The summed E-state index contributed by atoms with van der Waals surface area (Å²) in [7, 11) is 1.67. The van der Waals surface area contributed by atoms with Crippen molar-refractivity contribution in [2.45, 2.75) is 26.3 Å². The van der Waals surface area contributed by atoms with Gasteiger partial charge in [-0.2, -0.15) is 0 Å². The number of ether oxygens (including phenoxy) is 1. The van der Waals surface area contributed by atoms with Crippen LogP contribution in [0.5, 0.6) is 5.75 Å². The fourth-order valence-corrected chi connectivity index (χ4v) is 2.48. The lowest BCUT2D eigenvalue weighted by atomic mass is 10.0. The van der Waals surface area contributed by atoms with Crippen LogP contribution in [0.25, 0.3) is 0 Å². The average Bonchev–Trinajstić information content (AvgIpc) is 2.55. The second-order valence-electron chi connectivity index (χ2n) is 5.20. The van der Waals surface area contributed by atoms with Crippen LogP contribution in [-0.4, -0.2) is 12.2 Å². The first-order chi connectivity index (χ1) is 10.6. The number of rotatable bonds is 5. The van der Waals surface area contributed by atoms with Gasteiger partial charge in [0, 0.05) is 5.69 Å². The zero-order chi connectivity index (χ0) is 15.9. The van der Waals surface area contributed by atoms with Gasteiger partial charge in [-0.25, -0.2) is 0 Å². The number of aryl methyl sites for hydroxylation is 1. The molecule has 2 rings (SSSR count). The molecule has 3 nitrogen and oxygen atoms in total. The standard InChI is InChI=1S/C18H22N2OS/c1-4-17(14-7-11-16(21-3)12-8-14)20-18(22)19-15-9-5-13(2)6-10-15/h5-12,17H,4H2,1-3H3,(H2,19,20,22)/t17-/m1/s1. The molecule has 2 N–H and O–H groups in total. The van der Waals surface area contributed by atoms with Crippen molar-refractivity contribution in [2.24, 2.45) is 0 Å². The minimum Gasteiger partial charge on any atom is -0.497 e. The molecule has 0 saturated heterocycles. The number of anilines is 1. The van der Waals surface area contributed by atoms with Crippen LogP contribution in [0.3, 0.4) is 0 Å². The molecule has 0 spiro atoms. The number of nitrogens with one attached hydrogen (secondary N) is 2. The van der Waals surface area contributed by atoms with Gasteiger partial charge in [0.05, 0.1) is 13.2 Å². The third kappa shape index (κ3) is 4.46. The molecule has 116 valence electrons. The summed E-state index contributed by atoms with van der Waals surface area (Å²) in [4.78, 5) is 0. The highest BCUT2D eigenvalue weighted by atomic mass is 32.1. The van der Waals surface area contributed by atoms with Crippen molar-refractivity contribution in [2.75, 3.05) is 12.4 Å². The number of hydrogen-bond donors (Lipinski definition) is 2. The molecule has 0 amide bonds. The molecule has 2 aromatic rings. The third-order valence-corrected chi connectivity index (χ3v) is 3.76. The minimum atomic E-state index is 0.177. The highest BCUT2D eigenvalue weighted by Gasteiger charge is 2.10. The zero-order valence-electron chi connectivity index (χ0n) is 13.2. The minimum absolute atomic E-state index is 0.177. The molecule has 0 aliphatic heterocycles. The molecular weight excluding hydrogens is 292 g/mol. The van der Waals surface area contributed by atoms with Gasteiger partial charge in [-0.15, -0.1) is 0 Å². The van der Waals surface area contributed by atoms with Crippen molar-refractivity contribution in [3.05, 3.63) is 59.7 Å². The van der Waals surface area contributed by atoms with Crippen LogP contribution in [-0.2, 0) is 0 Å². The molecule has 0 unspecified atom stereocenters. The fourth-order valence-electron chi connectivity index (χ4n) is 2.22. The van der Waals surface area contributed by atoms with E-state index in [0.717, 1.165) is 17.9 Å². The highest BCUT2D eigenvalue weighted by molar-refractivity contribution is 7.80. The zero-order valence-corrected chi connectivity index (χ0v) is 14.0. The maximum atomic E-state index is 5.41. The SMILES string of the molecule is CC[C@@H](NC(=S)Nc1ccc(C)cc1)c1ccc(OC)cc1. The summed E-state index contributed by atoms with van der Waals surface area (Å²) in [6.45, 7) is 4.20. The topological polar surface area (TPSA) is 33.3 Å². The lowest BCUT2D eigenvalue weighted by Crippen LogP contribution is -2.32. The lowest BCUT2D eigenvalue weighted by molar-refractivity contribution is 0.414. The lowest BCUT2D eigenvalue weighted by Gasteiger charge is -2.20. The van der Waals surface area contributed by atoms with E-state index >= 15 is 0 Å². The molecule has 0 bridgehead atoms. The van der Waals surface area contributed by atoms with Crippen molar-refractivity contribution in [3.8, 4) is 5.75 Å². The number of hydrogen-bond acceptors (Lipinski definition) is 2. The number of methoxy groups -OCH3 is 1. The largest absolute Gasteiger partial charge is 0.497 e. The first-order valence-corrected chi connectivity index (χ1v) is 7.81. The van der Waals surface area contributed by atoms with Gasteiger partial charge in [-0.1, -0.05) is 36.8 Å². The Kier molecular flexibility index (Phi) is 5.78. The Balaban J connectivity index is 1.99. The molecular formula is C18H22N2OS. The molecule has 4 heteroatoms. The second-order valence-corrected chi connectivity index (χ2v) is 5.61. The Hall–Kier alpha value is -2.07. The van der Waals surface area contributed by atoms with E-state index in [0.29, 0.717) is 5.11 Å². The van der Waals surface area contributed by atoms with Crippen molar-refractivity contribution in [1.82, 2.24) is 5.32 Å². The smallest absolute Gasteiger partial charge is 0.171 e. The van der Waals surface area contributed by atoms with Crippen LogP contribution in [0.1, 0.15) is 30.5 Å². The van der Waals surface area contributed by atoms with Crippen molar-refractivity contribution < 1.29 is 4.74 Å². The predicted molar refractivity (Wildman–Crippen MR) is 96.6 cm³/mol. The van der Waals surface area contributed by atoms with Crippen LogP contribution >= 0.6 is 12.2 Å². The third-order valence-electron chi connectivity index (χ3n) is 3.54. The Bertz CT molecular complexity index is 608. The van der Waals surface area contributed by atoms with E-state index in [-0.39, 0.29) is 6.04 Å². The summed E-state index contributed by atoms with van der Waals surface area (Å²) in [5.74, 6) is 0.860. The number of thiocarbonyl (C=S) groups is 1. The van der Waals surface area contributed by atoms with Gasteiger partial charge in [0.1, 0.15) is 5.75 Å². The van der Waals surface area contributed by atoms with E-state index in [4.69, 9.17) is 17.0 Å². The Morgan fingerprint density at radius 2 is 1.73 bits per heavy atom. The van der Waals surface area contributed by atoms with Crippen molar-refractivity contribution >= 4 is 23.0 Å². The monoisotopic (exact) mass is 314 g/mol. The van der Waals surface area contributed by atoms with E-state index < -0.39 is 0 Å². The quantitative estimate of drug-likeness (QED) is 0.799. The van der Waals surface area contributed by atoms with Gasteiger partial charge in [0.25, 0.3) is 0 Å². The van der Waals surface area contributed by atoms with Crippen molar-refractivity contribution in [3.63, 3.8) is 0 Å². The molecule has 0 saturated carbocycles. The van der Waals surface area contributed by atoms with E-state index in [1.54, 1.807) is 7.11 Å². The summed E-state index contributed by atoms with van der Waals surface area (Å²) in [5, 5.41) is 7.22. The van der Waals surface area contributed by atoms with Gasteiger partial charge in [-0.05, 0) is 55.4 Å². The maximum absolute atomic E-state index is 5.41. The van der Waals surface area contributed by atoms with Gasteiger partial charge >= 0.3 is 0 Å². The Morgan fingerprint density at radius 1 is 1.09 bits per heavy atom. The molecule has 22 heavy (non-hydrogen) atoms. The molecule has 1 atom stereocenters. The first kappa shape index (κ1) is 16.3. The van der Waals surface area contributed by atoms with E-state index in [1.807, 2.05) is 24.3 Å². The summed E-state index contributed by atoms with van der Waals surface area (Å²) in [6, 6.07) is 16.4. The molecule has 0 radical (unpaired) electrons. The van der Waals surface area contributed by atoms with Crippen LogP contribution in [0, 0.1) is 6.92 Å². The van der Waals surface area contributed by atoms with Crippen LogP contribution in [0.15, 0.2) is 48.5 Å². The molecule has 2 aromatic carbocycles. The molecule has 0 aliphatic carbocycles. The van der Waals surface area contributed by atoms with Gasteiger partial charge in [0.15, 0.2) is 5.11 Å². The Labute approximate surface area is 137 Å². The van der Waals surface area contributed by atoms with E-state index in [1.165, 1.54) is 11.1 Å². The molecule has 0 heterocycles. The predicted octanol–water partition coefficient (Wildman–Crippen LogP) is 4.44. The summed E-state index contributed by atoms with van der Waals surface area (Å²) < 4.78 is 5.19. The van der Waals surface area contributed by atoms with Gasteiger partial charge in [-0.3, -0.25) is 0 Å². The van der Waals surface area contributed by atoms with Crippen LogP contribution in [0.2, 0.25) is 0 Å². The van der Waals surface area contributed by atoms with Crippen molar-refractivity contribution in [1.29, 1.82) is 0 Å². The summed E-state index contributed by atoms with van der Waals surface area (Å²) in [5.41, 5.74) is 3.41. The van der Waals surface area contributed by atoms with E-state index in [2.05, 4.69) is 48.7 Å².